The van der Waals surface area contributed by atoms with Crippen LogP contribution in [0.5, 0.6) is 0 Å². The highest BCUT2D eigenvalue weighted by atomic mass is 28.4. The van der Waals surface area contributed by atoms with Gasteiger partial charge in [0.2, 0.25) is 20.2 Å². The lowest BCUT2D eigenvalue weighted by Crippen LogP contribution is -2.45. The highest BCUT2D eigenvalue weighted by Gasteiger charge is 2.67. The van der Waals surface area contributed by atoms with Crippen molar-refractivity contribution >= 4 is 37.5 Å². The molecule has 242 valence electrons. The molecule has 1 spiro atoms. The first-order valence-corrected chi connectivity index (χ1v) is 19.1. The van der Waals surface area contributed by atoms with Crippen LogP contribution in [0.4, 0.5) is 15.5 Å². The summed E-state index contributed by atoms with van der Waals surface area (Å²) < 4.78 is 23.1. The molecule has 0 unspecified atom stereocenters. The van der Waals surface area contributed by atoms with Crippen molar-refractivity contribution in [1.82, 2.24) is 4.90 Å². The number of anilines is 2. The zero-order valence-electron chi connectivity index (χ0n) is 26.7. The second-order valence-electron chi connectivity index (χ2n) is 13.2. The van der Waals surface area contributed by atoms with Gasteiger partial charge in [-0.1, -0.05) is 67.6 Å². The Morgan fingerprint density at radius 2 is 1.76 bits per heavy atom. The molecule has 3 heterocycles. The van der Waals surface area contributed by atoms with E-state index in [-0.39, 0.29) is 43.8 Å². The number of nitrogens with zero attached hydrogens (tertiary/aromatic N) is 3. The minimum absolute atomic E-state index is 0.0920. The number of benzene rings is 3. The number of carbonyl (C=O) groups is 3. The van der Waals surface area contributed by atoms with Crippen LogP contribution in [0.3, 0.4) is 0 Å². The first kappa shape index (κ1) is 32.1. The number of fused-ring (bicyclic) bond motifs is 2. The third kappa shape index (κ3) is 5.78. The molecule has 46 heavy (non-hydrogen) atoms. The van der Waals surface area contributed by atoms with Gasteiger partial charge in [-0.05, 0) is 48.8 Å². The molecule has 8 nitrogen and oxygen atoms in total. The molecule has 3 aromatic rings. The molecule has 2 fully saturated rings. The molecule has 2 saturated heterocycles. The summed E-state index contributed by atoms with van der Waals surface area (Å²) in [4.78, 5) is 45.9. The number of hydrogen-bond acceptors (Lipinski definition) is 5. The van der Waals surface area contributed by atoms with Gasteiger partial charge in [0.1, 0.15) is 0 Å². The Labute approximate surface area is 270 Å². The molecule has 0 aromatic heterocycles. The molecule has 0 saturated carbocycles. The minimum Gasteiger partial charge on any atom is -0.395 e. The molecule has 10 heteroatoms. The van der Waals surface area contributed by atoms with Crippen LogP contribution in [0.1, 0.15) is 42.9 Å². The van der Waals surface area contributed by atoms with E-state index in [0.29, 0.717) is 30.8 Å². The fourth-order valence-corrected chi connectivity index (χ4v) is 10.3. The molecule has 6 rings (SSSR count). The molecular formula is C36H42FN3O5Si. The number of amides is 3. The summed E-state index contributed by atoms with van der Waals surface area (Å²) in [7, 11) is -3.47. The summed E-state index contributed by atoms with van der Waals surface area (Å²) in [5.74, 6) is -0.944. The largest absolute Gasteiger partial charge is 0.395 e. The summed E-state index contributed by atoms with van der Waals surface area (Å²) in [6.07, 6.45) is 0.448. The Morgan fingerprint density at radius 1 is 1.04 bits per heavy atom. The van der Waals surface area contributed by atoms with E-state index in [9.17, 15) is 19.5 Å². The minimum atomic E-state index is -3.47. The first-order valence-electron chi connectivity index (χ1n) is 16.1. The summed E-state index contributed by atoms with van der Waals surface area (Å²) in [5.41, 5.74) is 1.94. The Bertz CT molecular complexity index is 1610. The highest BCUT2D eigenvalue weighted by Crippen LogP contribution is 2.60. The Balaban J connectivity index is 1.31. The van der Waals surface area contributed by atoms with Crippen LogP contribution >= 0.6 is 0 Å². The van der Waals surface area contributed by atoms with Crippen molar-refractivity contribution in [3.8, 4) is 0 Å². The van der Waals surface area contributed by atoms with E-state index in [1.54, 1.807) is 27.8 Å². The molecular weight excluding hydrogens is 601 g/mol. The van der Waals surface area contributed by atoms with E-state index in [1.807, 2.05) is 85.8 Å². The fourth-order valence-electron chi connectivity index (χ4n) is 7.80. The van der Waals surface area contributed by atoms with Crippen LogP contribution in [0.25, 0.3) is 0 Å². The van der Waals surface area contributed by atoms with Crippen LogP contribution in [0.2, 0.25) is 18.6 Å². The molecule has 0 bridgehead atoms. The molecule has 3 aliphatic rings. The van der Waals surface area contributed by atoms with E-state index < -0.39 is 31.6 Å². The highest BCUT2D eigenvalue weighted by molar-refractivity contribution is 6.72. The second-order valence-corrected chi connectivity index (χ2v) is 17.0. The van der Waals surface area contributed by atoms with Crippen LogP contribution in [-0.4, -0.2) is 61.9 Å². The standard InChI is InChI=1S/C36H42FN3O5Si/c1-25-34(46(2,3)37)31(22-33(43)38(19-20-41)23-26-11-5-4-6-12-26)45-36(25)29-15-7-8-16-30(29)40(35(36)44)24-27-13-9-14-28(21-27)39-18-10-17-32(39)42/h4-9,11-16,21,25,31,34,41H,10,17-20,22-24H2,1-3H3/t25-,31+,34-,36+/m1/s1. The van der Waals surface area contributed by atoms with Gasteiger partial charge >= 0.3 is 0 Å². The van der Waals surface area contributed by atoms with Crippen molar-refractivity contribution < 1.29 is 28.3 Å². The summed E-state index contributed by atoms with van der Waals surface area (Å²) in [6.45, 7) is 6.31. The van der Waals surface area contributed by atoms with Crippen molar-refractivity contribution in [2.24, 2.45) is 5.92 Å². The van der Waals surface area contributed by atoms with Gasteiger partial charge in [0.05, 0.1) is 31.4 Å². The van der Waals surface area contributed by atoms with Gasteiger partial charge in [-0.2, -0.15) is 0 Å². The van der Waals surface area contributed by atoms with Crippen molar-refractivity contribution in [2.45, 2.75) is 69.6 Å². The van der Waals surface area contributed by atoms with Gasteiger partial charge in [0, 0.05) is 48.8 Å². The number of aliphatic hydroxyl groups excluding tert-OH is 1. The monoisotopic (exact) mass is 643 g/mol. The van der Waals surface area contributed by atoms with Gasteiger partial charge in [-0.15, -0.1) is 0 Å². The molecule has 0 aliphatic carbocycles. The molecule has 1 N–H and O–H groups in total. The number of hydrogen-bond donors (Lipinski definition) is 1. The lowest BCUT2D eigenvalue weighted by Gasteiger charge is -2.31. The molecule has 3 aliphatic heterocycles. The van der Waals surface area contributed by atoms with Crippen LogP contribution in [0.15, 0.2) is 78.9 Å². The topological polar surface area (TPSA) is 90.4 Å². The zero-order chi connectivity index (χ0) is 32.6. The number of aliphatic hydroxyl groups is 1. The van der Waals surface area contributed by atoms with Gasteiger partial charge in [-0.3, -0.25) is 14.4 Å². The summed E-state index contributed by atoms with van der Waals surface area (Å²) in [5, 5.41) is 9.75. The van der Waals surface area contributed by atoms with Gasteiger partial charge < -0.3 is 28.7 Å². The first-order chi connectivity index (χ1) is 22.0. The van der Waals surface area contributed by atoms with E-state index in [1.165, 1.54) is 0 Å². The molecule has 4 atom stereocenters. The summed E-state index contributed by atoms with van der Waals surface area (Å²) >= 11 is 0. The smallest absolute Gasteiger partial charge is 0.264 e. The zero-order valence-corrected chi connectivity index (χ0v) is 27.7. The molecule has 3 aromatic carbocycles. The van der Waals surface area contributed by atoms with Crippen LogP contribution in [0, 0.1) is 5.92 Å². The maximum atomic E-state index is 16.3. The number of ether oxygens (including phenoxy) is 1. The van der Waals surface area contributed by atoms with Crippen molar-refractivity contribution in [1.29, 1.82) is 0 Å². The van der Waals surface area contributed by atoms with Gasteiger partial charge in [0.15, 0.2) is 5.60 Å². The average molecular weight is 644 g/mol. The number of carbonyl (C=O) groups excluding carboxylic acids is 3. The summed E-state index contributed by atoms with van der Waals surface area (Å²) in [6, 6.07) is 24.7. The third-order valence-electron chi connectivity index (χ3n) is 9.82. The van der Waals surface area contributed by atoms with E-state index >= 15 is 4.11 Å². The van der Waals surface area contributed by atoms with Crippen LogP contribution in [-0.2, 0) is 37.8 Å². The van der Waals surface area contributed by atoms with Crippen molar-refractivity contribution in [3.05, 3.63) is 95.6 Å². The van der Waals surface area contributed by atoms with Crippen molar-refractivity contribution in [2.75, 3.05) is 29.5 Å². The van der Waals surface area contributed by atoms with Crippen LogP contribution < -0.4 is 9.80 Å². The van der Waals surface area contributed by atoms with E-state index in [0.717, 1.165) is 23.2 Å². The maximum absolute atomic E-state index is 16.3. The van der Waals surface area contributed by atoms with E-state index in [4.69, 9.17) is 4.74 Å². The lowest BCUT2D eigenvalue weighted by atomic mass is 9.82. The van der Waals surface area contributed by atoms with Gasteiger partial charge in [-0.25, -0.2) is 0 Å². The van der Waals surface area contributed by atoms with Gasteiger partial charge in [0.25, 0.3) is 5.91 Å². The predicted octanol–water partition coefficient (Wildman–Crippen LogP) is 5.55. The SMILES string of the molecule is C[C@@H]1[C@@H]([Si](C)(C)F)[C@H](CC(=O)N(CCO)Cc2ccccc2)O[C@@]12C(=O)N(Cc1cccc(N3CCCC3=O)c1)c1ccccc12. The quantitative estimate of drug-likeness (QED) is 0.231. The third-order valence-corrected chi connectivity index (χ3v) is 12.3. The average Bonchev–Trinajstić information content (AvgIpc) is 3.66. The number of halogens is 1. The maximum Gasteiger partial charge on any atom is 0.264 e. The normalized spacial score (nSPS) is 24.2. The predicted molar refractivity (Wildman–Crippen MR) is 177 cm³/mol. The van der Waals surface area contributed by atoms with E-state index in [2.05, 4.69) is 0 Å². The second kappa shape index (κ2) is 12.7. The molecule has 0 radical (unpaired) electrons. The Hall–Kier alpha value is -3.86. The Morgan fingerprint density at radius 3 is 2.46 bits per heavy atom. The fraction of sp³-hybridized carbons (Fsp3) is 0.417. The lowest BCUT2D eigenvalue weighted by molar-refractivity contribution is -0.150. The van der Waals surface area contributed by atoms with Crippen molar-refractivity contribution in [3.63, 3.8) is 0 Å². The number of rotatable bonds is 10. The molecule has 3 amide bonds. The Kier molecular flexibility index (Phi) is 8.88. The number of para-hydroxylation sites is 1.